The third-order valence-corrected chi connectivity index (χ3v) is 3.51. The Kier molecular flexibility index (Phi) is 3.94. The molecule has 0 radical (unpaired) electrons. The fourth-order valence-corrected chi connectivity index (χ4v) is 2.47. The molecule has 1 aromatic rings. The molecule has 1 amide bonds. The highest BCUT2D eigenvalue weighted by Crippen LogP contribution is 2.22. The number of benzene rings is 1. The zero-order valence-corrected chi connectivity index (χ0v) is 10.8. The number of amides is 1. The van der Waals surface area contributed by atoms with Crippen molar-refractivity contribution in [2.75, 3.05) is 7.11 Å². The van der Waals surface area contributed by atoms with Gasteiger partial charge in [-0.3, -0.25) is 4.79 Å². The monoisotopic (exact) mass is 251 g/mol. The summed E-state index contributed by atoms with van der Waals surface area (Å²) in [5.74, 6) is 0.678. The van der Waals surface area contributed by atoms with E-state index in [-0.39, 0.29) is 5.91 Å². The molecule has 1 saturated carbocycles. The van der Waals surface area contributed by atoms with Crippen molar-refractivity contribution in [3.05, 3.63) is 23.8 Å². The van der Waals surface area contributed by atoms with E-state index in [0.29, 0.717) is 22.3 Å². The summed E-state index contributed by atoms with van der Waals surface area (Å²) in [6.07, 6.45) is 4.59. The van der Waals surface area contributed by atoms with E-state index in [4.69, 9.17) is 4.74 Å². The first-order chi connectivity index (χ1) is 8.20. The SMILES string of the molecule is COc1ccc(C(=O)NC2CCCC2)c(S)c1. The fraction of sp³-hybridized carbons (Fsp3) is 0.462. The second-order valence-electron chi connectivity index (χ2n) is 4.34. The van der Waals surface area contributed by atoms with Crippen LogP contribution in [0.15, 0.2) is 23.1 Å². The molecule has 0 unspecified atom stereocenters. The van der Waals surface area contributed by atoms with Crippen molar-refractivity contribution in [3.63, 3.8) is 0 Å². The van der Waals surface area contributed by atoms with Crippen LogP contribution in [0.25, 0.3) is 0 Å². The highest BCUT2D eigenvalue weighted by Gasteiger charge is 2.19. The fourth-order valence-electron chi connectivity index (χ4n) is 2.16. The highest BCUT2D eigenvalue weighted by atomic mass is 32.1. The van der Waals surface area contributed by atoms with Crippen molar-refractivity contribution >= 4 is 18.5 Å². The number of ether oxygens (including phenoxy) is 1. The van der Waals surface area contributed by atoms with Crippen LogP contribution in [0.3, 0.4) is 0 Å². The molecule has 17 heavy (non-hydrogen) atoms. The van der Waals surface area contributed by atoms with Crippen molar-refractivity contribution in [2.24, 2.45) is 0 Å². The lowest BCUT2D eigenvalue weighted by molar-refractivity contribution is 0.0935. The third kappa shape index (κ3) is 2.94. The average Bonchev–Trinajstić information content (AvgIpc) is 2.81. The maximum absolute atomic E-state index is 12.0. The van der Waals surface area contributed by atoms with Crippen LogP contribution in [0, 0.1) is 0 Å². The summed E-state index contributed by atoms with van der Waals surface area (Å²) in [7, 11) is 1.60. The quantitative estimate of drug-likeness (QED) is 0.811. The molecular weight excluding hydrogens is 234 g/mol. The summed E-state index contributed by atoms with van der Waals surface area (Å²) in [6, 6.07) is 5.62. The Hall–Kier alpha value is -1.16. The number of nitrogens with one attached hydrogen (secondary N) is 1. The zero-order valence-electron chi connectivity index (χ0n) is 9.90. The lowest BCUT2D eigenvalue weighted by atomic mass is 10.1. The van der Waals surface area contributed by atoms with Gasteiger partial charge in [0.05, 0.1) is 12.7 Å². The van der Waals surface area contributed by atoms with Crippen LogP contribution in [0.1, 0.15) is 36.0 Å². The molecule has 0 aromatic heterocycles. The second kappa shape index (κ2) is 5.45. The molecule has 1 N–H and O–H groups in total. The van der Waals surface area contributed by atoms with Crippen molar-refractivity contribution < 1.29 is 9.53 Å². The molecule has 0 atom stereocenters. The Morgan fingerprint density at radius 1 is 1.41 bits per heavy atom. The number of hydrogen-bond acceptors (Lipinski definition) is 3. The normalized spacial score (nSPS) is 15.9. The summed E-state index contributed by atoms with van der Waals surface area (Å²) in [4.78, 5) is 12.7. The van der Waals surface area contributed by atoms with Gasteiger partial charge in [-0.25, -0.2) is 0 Å². The van der Waals surface area contributed by atoms with Crippen LogP contribution in [-0.4, -0.2) is 19.1 Å². The number of thiol groups is 1. The number of carbonyl (C=O) groups excluding carboxylic acids is 1. The minimum Gasteiger partial charge on any atom is -0.497 e. The van der Waals surface area contributed by atoms with E-state index in [0.717, 1.165) is 12.8 Å². The molecule has 1 aromatic carbocycles. The highest BCUT2D eigenvalue weighted by molar-refractivity contribution is 7.80. The van der Waals surface area contributed by atoms with Gasteiger partial charge in [-0.15, -0.1) is 12.6 Å². The molecule has 92 valence electrons. The van der Waals surface area contributed by atoms with Crippen molar-refractivity contribution in [1.82, 2.24) is 5.32 Å². The first-order valence-electron chi connectivity index (χ1n) is 5.88. The van der Waals surface area contributed by atoms with E-state index in [2.05, 4.69) is 17.9 Å². The van der Waals surface area contributed by atoms with Gasteiger partial charge in [0.25, 0.3) is 5.91 Å². The van der Waals surface area contributed by atoms with Crippen LogP contribution < -0.4 is 10.1 Å². The van der Waals surface area contributed by atoms with E-state index >= 15 is 0 Å². The summed E-state index contributed by atoms with van der Waals surface area (Å²) in [5.41, 5.74) is 0.612. The third-order valence-electron chi connectivity index (χ3n) is 3.14. The number of hydrogen-bond donors (Lipinski definition) is 2. The minimum atomic E-state index is -0.0375. The Morgan fingerprint density at radius 2 is 2.12 bits per heavy atom. The zero-order chi connectivity index (χ0) is 12.3. The Labute approximate surface area is 107 Å². The summed E-state index contributed by atoms with van der Waals surface area (Å²) in [5, 5.41) is 3.04. The standard InChI is InChI=1S/C13H17NO2S/c1-16-10-6-7-11(12(17)8-10)13(15)14-9-4-2-3-5-9/h6-9,17H,2-5H2,1H3,(H,14,15). The first kappa shape index (κ1) is 12.3. The summed E-state index contributed by atoms with van der Waals surface area (Å²) < 4.78 is 5.08. The maximum atomic E-state index is 12.0. The largest absolute Gasteiger partial charge is 0.497 e. The predicted octanol–water partition coefficient (Wildman–Crippen LogP) is 2.66. The van der Waals surface area contributed by atoms with Gasteiger partial charge >= 0.3 is 0 Å². The Morgan fingerprint density at radius 3 is 2.71 bits per heavy atom. The van der Waals surface area contributed by atoms with E-state index in [1.165, 1.54) is 12.8 Å². The van der Waals surface area contributed by atoms with Crippen molar-refractivity contribution in [2.45, 2.75) is 36.6 Å². The molecule has 0 aliphatic heterocycles. The van der Waals surface area contributed by atoms with E-state index < -0.39 is 0 Å². The molecule has 0 bridgehead atoms. The van der Waals surface area contributed by atoms with E-state index in [1.807, 2.05) is 0 Å². The first-order valence-corrected chi connectivity index (χ1v) is 6.33. The molecule has 2 rings (SSSR count). The molecule has 1 aliphatic rings. The van der Waals surface area contributed by atoms with Gasteiger partial charge in [0.15, 0.2) is 0 Å². The number of rotatable bonds is 3. The topological polar surface area (TPSA) is 38.3 Å². The lowest BCUT2D eigenvalue weighted by Gasteiger charge is -2.13. The molecule has 0 spiro atoms. The Bertz CT molecular complexity index is 414. The van der Waals surface area contributed by atoms with Gasteiger partial charge < -0.3 is 10.1 Å². The van der Waals surface area contributed by atoms with Crippen molar-refractivity contribution in [3.8, 4) is 5.75 Å². The number of methoxy groups -OCH3 is 1. The van der Waals surface area contributed by atoms with Crippen LogP contribution in [-0.2, 0) is 0 Å². The average molecular weight is 251 g/mol. The molecule has 0 saturated heterocycles. The predicted molar refractivity (Wildman–Crippen MR) is 70.0 cm³/mol. The molecule has 1 fully saturated rings. The smallest absolute Gasteiger partial charge is 0.252 e. The van der Waals surface area contributed by atoms with Gasteiger partial charge in [0.2, 0.25) is 0 Å². The number of carbonyl (C=O) groups is 1. The van der Waals surface area contributed by atoms with E-state index in [9.17, 15) is 4.79 Å². The summed E-state index contributed by atoms with van der Waals surface area (Å²) in [6.45, 7) is 0. The van der Waals surface area contributed by atoms with Gasteiger partial charge in [-0.1, -0.05) is 12.8 Å². The van der Waals surface area contributed by atoms with Crippen molar-refractivity contribution in [1.29, 1.82) is 0 Å². The maximum Gasteiger partial charge on any atom is 0.252 e. The Balaban J connectivity index is 2.07. The van der Waals surface area contributed by atoms with Crippen LogP contribution >= 0.6 is 12.6 Å². The molecule has 1 aliphatic carbocycles. The minimum absolute atomic E-state index is 0.0375. The van der Waals surface area contributed by atoms with Gasteiger partial charge in [-0.05, 0) is 31.0 Å². The van der Waals surface area contributed by atoms with Gasteiger partial charge in [0, 0.05) is 10.9 Å². The second-order valence-corrected chi connectivity index (χ2v) is 4.82. The van der Waals surface area contributed by atoms with E-state index in [1.54, 1.807) is 25.3 Å². The van der Waals surface area contributed by atoms with Gasteiger partial charge in [0.1, 0.15) is 5.75 Å². The molecule has 0 heterocycles. The molecule has 3 nitrogen and oxygen atoms in total. The van der Waals surface area contributed by atoms with Gasteiger partial charge in [-0.2, -0.15) is 0 Å². The van der Waals surface area contributed by atoms with Crippen LogP contribution in [0.4, 0.5) is 0 Å². The van der Waals surface area contributed by atoms with Crippen LogP contribution in [0.5, 0.6) is 5.75 Å². The molecule has 4 heteroatoms. The lowest BCUT2D eigenvalue weighted by Crippen LogP contribution is -2.32. The van der Waals surface area contributed by atoms with Crippen LogP contribution in [0.2, 0.25) is 0 Å². The summed E-state index contributed by atoms with van der Waals surface area (Å²) >= 11 is 4.32. The molecular formula is C13H17NO2S.